The first kappa shape index (κ1) is 34.4. The molecule has 14 nitrogen and oxygen atoms in total. The minimum atomic E-state index is -3.63. The smallest absolute Gasteiger partial charge is 0.232 e. The summed E-state index contributed by atoms with van der Waals surface area (Å²) in [6, 6.07) is 10.5. The first-order valence-corrected chi connectivity index (χ1v) is 19.9. The van der Waals surface area contributed by atoms with Crippen LogP contribution in [0.15, 0.2) is 48.9 Å². The van der Waals surface area contributed by atoms with E-state index in [1.54, 1.807) is 31.8 Å². The van der Waals surface area contributed by atoms with Crippen LogP contribution >= 0.6 is 0 Å². The summed E-state index contributed by atoms with van der Waals surface area (Å²) in [4.78, 5) is 29.5. The number of H-pyrrole nitrogens is 1. The van der Waals surface area contributed by atoms with Gasteiger partial charge in [0.2, 0.25) is 16.0 Å². The minimum Gasteiger partial charge on any atom is -0.494 e. The molecule has 3 N–H and O–H groups in total. The van der Waals surface area contributed by atoms with Crippen LogP contribution in [0.2, 0.25) is 0 Å². The van der Waals surface area contributed by atoms with Crippen LogP contribution in [0, 0.1) is 5.92 Å². The van der Waals surface area contributed by atoms with Crippen molar-refractivity contribution in [1.29, 1.82) is 0 Å². The third-order valence-electron chi connectivity index (χ3n) is 10.8. The zero-order chi connectivity index (χ0) is 36.0. The summed E-state index contributed by atoms with van der Waals surface area (Å²) in [5.41, 5.74) is 5.91. The molecule has 52 heavy (non-hydrogen) atoms. The average Bonchev–Trinajstić information content (AvgIpc) is 3.83. The Balaban J connectivity index is 1.10. The van der Waals surface area contributed by atoms with E-state index in [4.69, 9.17) is 14.7 Å². The third kappa shape index (κ3) is 7.04. The van der Waals surface area contributed by atoms with Crippen LogP contribution in [-0.2, 0) is 16.4 Å². The molecule has 0 spiro atoms. The first-order valence-electron chi connectivity index (χ1n) is 18.1. The number of likely N-dealkylation sites (N-methyl/N-ethyl adjacent to an activating group) is 1. The number of anilines is 6. The van der Waals surface area contributed by atoms with E-state index in [1.807, 2.05) is 12.1 Å². The van der Waals surface area contributed by atoms with E-state index in [-0.39, 0.29) is 0 Å². The average molecular weight is 726 g/mol. The molecular weight excluding hydrogens is 679 g/mol. The van der Waals surface area contributed by atoms with Crippen LogP contribution in [0.4, 0.5) is 34.5 Å². The molecule has 0 bridgehead atoms. The standard InChI is InChI=1S/C37H47N11O3S/c1-45-17-19-47(20-18-45)26-10-15-48(16-11-26)31-23-32(51-3)30(22-25(31)21-24-5-6-24)42-37-43-35-27(9-12-40-35)36(44-37)41-29-8-7-28-33(39-14-13-38-28)34(29)46(2)52(4,49)50/h7-9,12-14,22-24,26H,5-6,10-11,15-21H2,1-4H3,(H3,40,41,42,43,44). The number of aromatic nitrogens is 5. The Morgan fingerprint density at radius 3 is 2.44 bits per heavy atom. The topological polar surface area (TPSA) is 148 Å². The number of aromatic amines is 1. The fraction of sp³-hybridized carbons (Fsp3) is 0.459. The Hall–Kier alpha value is -4.73. The van der Waals surface area contributed by atoms with Gasteiger partial charge in [0.05, 0.1) is 35.6 Å². The number of rotatable bonds is 11. The van der Waals surface area contributed by atoms with Crippen LogP contribution in [0.25, 0.3) is 22.1 Å². The maximum Gasteiger partial charge on any atom is 0.232 e. The number of fused-ring (bicyclic) bond motifs is 2. The van der Waals surface area contributed by atoms with Gasteiger partial charge in [0.1, 0.15) is 28.4 Å². The molecule has 2 aliphatic heterocycles. The number of methoxy groups -OCH3 is 1. The van der Waals surface area contributed by atoms with Crippen LogP contribution < -0.4 is 24.6 Å². The van der Waals surface area contributed by atoms with Gasteiger partial charge < -0.3 is 30.2 Å². The van der Waals surface area contributed by atoms with Crippen molar-refractivity contribution in [2.75, 3.05) is 86.6 Å². The molecule has 0 amide bonds. The third-order valence-corrected chi connectivity index (χ3v) is 12.0. The number of piperidine rings is 1. The fourth-order valence-corrected chi connectivity index (χ4v) is 8.09. The lowest BCUT2D eigenvalue weighted by molar-refractivity contribution is 0.0982. The molecule has 1 aliphatic carbocycles. The number of ether oxygens (including phenoxy) is 1. The Morgan fingerprint density at radius 1 is 0.942 bits per heavy atom. The molecule has 5 heterocycles. The predicted molar refractivity (Wildman–Crippen MR) is 207 cm³/mol. The molecular formula is C37H47N11O3S. The van der Waals surface area contributed by atoms with Crippen molar-refractivity contribution in [2.24, 2.45) is 5.92 Å². The molecule has 5 aromatic rings. The molecule has 3 aliphatic rings. The van der Waals surface area contributed by atoms with Crippen LogP contribution in [0.3, 0.4) is 0 Å². The molecule has 2 saturated heterocycles. The van der Waals surface area contributed by atoms with E-state index in [0.29, 0.717) is 51.8 Å². The Kier molecular flexibility index (Phi) is 9.26. The van der Waals surface area contributed by atoms with Crippen LogP contribution in [0.1, 0.15) is 31.2 Å². The largest absolute Gasteiger partial charge is 0.494 e. The van der Waals surface area contributed by atoms with Gasteiger partial charge in [-0.05, 0) is 74.9 Å². The van der Waals surface area contributed by atoms with Crippen molar-refractivity contribution in [3.8, 4) is 5.75 Å². The quantitative estimate of drug-likeness (QED) is 0.169. The van der Waals surface area contributed by atoms with Crippen LogP contribution in [-0.4, -0.2) is 116 Å². The van der Waals surface area contributed by atoms with Gasteiger partial charge in [-0.3, -0.25) is 19.2 Å². The molecule has 274 valence electrons. The van der Waals surface area contributed by atoms with Gasteiger partial charge in [0.25, 0.3) is 0 Å². The highest BCUT2D eigenvalue weighted by Crippen LogP contribution is 2.42. The number of nitrogens with zero attached hydrogens (tertiary/aromatic N) is 8. The minimum absolute atomic E-state index is 0.368. The van der Waals surface area contributed by atoms with Gasteiger partial charge in [-0.15, -0.1) is 0 Å². The normalized spacial score (nSPS) is 17.9. The van der Waals surface area contributed by atoms with E-state index in [0.717, 1.165) is 68.8 Å². The van der Waals surface area contributed by atoms with E-state index >= 15 is 0 Å². The second-order valence-corrected chi connectivity index (χ2v) is 16.4. The highest BCUT2D eigenvalue weighted by Gasteiger charge is 2.30. The van der Waals surface area contributed by atoms with Crippen molar-refractivity contribution in [2.45, 2.75) is 38.1 Å². The number of nitrogens with one attached hydrogen (secondary N) is 3. The van der Waals surface area contributed by atoms with Crippen molar-refractivity contribution in [3.05, 3.63) is 54.5 Å². The Labute approximate surface area is 304 Å². The summed E-state index contributed by atoms with van der Waals surface area (Å²) in [6.07, 6.45) is 12.0. The monoisotopic (exact) mass is 725 g/mol. The SMILES string of the molecule is COc1cc(N2CCC(N3CCN(C)CC3)CC2)c(CC2CC2)cc1Nc1nc(Nc2ccc3nccnc3c2N(C)S(C)(=O)=O)c2cc[nH]c2n1. The van der Waals surface area contributed by atoms with E-state index in [1.165, 1.54) is 48.3 Å². The second kappa shape index (κ2) is 14.0. The predicted octanol–water partition coefficient (Wildman–Crippen LogP) is 4.96. The summed E-state index contributed by atoms with van der Waals surface area (Å²) in [5, 5.41) is 7.62. The van der Waals surface area contributed by atoms with Crippen LogP contribution in [0.5, 0.6) is 5.75 Å². The zero-order valence-corrected chi connectivity index (χ0v) is 31.1. The molecule has 3 aromatic heterocycles. The number of benzene rings is 2. The molecule has 15 heteroatoms. The second-order valence-electron chi connectivity index (χ2n) is 14.4. The van der Waals surface area contributed by atoms with Gasteiger partial charge in [-0.1, -0.05) is 0 Å². The number of piperazine rings is 1. The number of sulfonamides is 1. The summed E-state index contributed by atoms with van der Waals surface area (Å²) >= 11 is 0. The highest BCUT2D eigenvalue weighted by molar-refractivity contribution is 7.92. The lowest BCUT2D eigenvalue weighted by Crippen LogP contribution is -2.52. The zero-order valence-electron chi connectivity index (χ0n) is 30.3. The molecule has 8 rings (SSSR count). The maximum atomic E-state index is 12.8. The first-order chi connectivity index (χ1) is 25.1. The summed E-state index contributed by atoms with van der Waals surface area (Å²) in [7, 11) is 1.80. The fourth-order valence-electron chi connectivity index (χ4n) is 7.58. The van der Waals surface area contributed by atoms with Gasteiger partial charge in [-0.25, -0.2) is 8.42 Å². The summed E-state index contributed by atoms with van der Waals surface area (Å²) in [5.74, 6) is 2.30. The number of hydrogen-bond donors (Lipinski definition) is 3. The molecule has 0 unspecified atom stereocenters. The van der Waals surface area contributed by atoms with Gasteiger partial charge in [0.15, 0.2) is 0 Å². The highest BCUT2D eigenvalue weighted by atomic mass is 32.2. The van der Waals surface area contributed by atoms with E-state index in [2.05, 4.69) is 59.5 Å². The summed E-state index contributed by atoms with van der Waals surface area (Å²) < 4.78 is 32.8. The Bertz CT molecular complexity index is 2190. The summed E-state index contributed by atoms with van der Waals surface area (Å²) in [6.45, 7) is 6.68. The van der Waals surface area contributed by atoms with Gasteiger partial charge in [-0.2, -0.15) is 9.97 Å². The molecule has 2 aromatic carbocycles. The van der Waals surface area contributed by atoms with Crippen molar-refractivity contribution < 1.29 is 13.2 Å². The number of hydrogen-bond acceptors (Lipinski definition) is 12. The van der Waals surface area contributed by atoms with Crippen molar-refractivity contribution in [1.82, 2.24) is 34.7 Å². The lowest BCUT2D eigenvalue weighted by atomic mass is 9.98. The van der Waals surface area contributed by atoms with Gasteiger partial charge >= 0.3 is 0 Å². The molecule has 0 atom stereocenters. The lowest BCUT2D eigenvalue weighted by Gasteiger charge is -2.43. The molecule has 0 radical (unpaired) electrons. The van der Waals surface area contributed by atoms with E-state index in [9.17, 15) is 8.42 Å². The van der Waals surface area contributed by atoms with Crippen molar-refractivity contribution in [3.63, 3.8) is 0 Å². The van der Waals surface area contributed by atoms with Crippen molar-refractivity contribution >= 4 is 66.6 Å². The molecule has 1 saturated carbocycles. The maximum absolute atomic E-state index is 12.8. The van der Waals surface area contributed by atoms with E-state index < -0.39 is 10.0 Å². The Morgan fingerprint density at radius 2 is 1.71 bits per heavy atom. The van der Waals surface area contributed by atoms with Gasteiger partial charge in [0, 0.05) is 82.7 Å². The molecule has 3 fully saturated rings.